The molecule has 0 amide bonds. The van der Waals surface area contributed by atoms with Crippen LogP contribution in [-0.4, -0.2) is 16.1 Å². The first-order chi connectivity index (χ1) is 7.39. The molecule has 1 heterocycles. The van der Waals surface area contributed by atoms with Crippen LogP contribution < -0.4 is 5.73 Å². The summed E-state index contributed by atoms with van der Waals surface area (Å²) in [7, 11) is 0. The highest BCUT2D eigenvalue weighted by Gasteiger charge is 2.43. The summed E-state index contributed by atoms with van der Waals surface area (Å²) in [6.45, 7) is 9.64. The Morgan fingerprint density at radius 3 is 2.44 bits per heavy atom. The van der Waals surface area contributed by atoms with E-state index in [1.807, 2.05) is 12.5 Å². The predicted octanol–water partition coefficient (Wildman–Crippen LogP) is 2.26. The quantitative estimate of drug-likeness (QED) is 0.851. The fourth-order valence-corrected chi connectivity index (χ4v) is 2.42. The van der Waals surface area contributed by atoms with Gasteiger partial charge in [-0.2, -0.15) is 0 Å². The molecule has 0 aromatic carbocycles. The van der Waals surface area contributed by atoms with Gasteiger partial charge in [-0.15, -0.1) is 0 Å². The van der Waals surface area contributed by atoms with E-state index in [9.17, 15) is 0 Å². The van der Waals surface area contributed by atoms with Crippen molar-refractivity contribution >= 4 is 0 Å². The molecule has 1 aliphatic rings. The van der Waals surface area contributed by atoms with E-state index in [1.54, 1.807) is 0 Å². The molecule has 1 fully saturated rings. The van der Waals surface area contributed by atoms with Crippen LogP contribution in [0.4, 0.5) is 0 Å². The van der Waals surface area contributed by atoms with Gasteiger partial charge in [0.2, 0.25) is 0 Å². The zero-order valence-electron chi connectivity index (χ0n) is 10.8. The summed E-state index contributed by atoms with van der Waals surface area (Å²) in [5, 5.41) is 0. The van der Waals surface area contributed by atoms with Gasteiger partial charge in [0.15, 0.2) is 0 Å². The van der Waals surface area contributed by atoms with Crippen LogP contribution in [0.5, 0.6) is 0 Å². The van der Waals surface area contributed by atoms with Crippen LogP contribution >= 0.6 is 0 Å². The molecule has 1 aliphatic carbocycles. The first-order valence-electron chi connectivity index (χ1n) is 6.13. The monoisotopic (exact) mass is 221 g/mol. The number of nitrogens with zero attached hydrogens (tertiary/aromatic N) is 2. The van der Waals surface area contributed by atoms with Gasteiger partial charge in [-0.05, 0) is 25.7 Å². The number of rotatable bonds is 3. The Morgan fingerprint density at radius 2 is 2.00 bits per heavy atom. The van der Waals surface area contributed by atoms with Crippen molar-refractivity contribution < 1.29 is 0 Å². The normalized spacial score (nSPS) is 20.8. The largest absolute Gasteiger partial charge is 0.328 e. The van der Waals surface area contributed by atoms with E-state index in [1.165, 1.54) is 18.5 Å². The molecular formula is C13H23N3. The van der Waals surface area contributed by atoms with Crippen molar-refractivity contribution in [1.29, 1.82) is 0 Å². The highest BCUT2D eigenvalue weighted by atomic mass is 15.1. The van der Waals surface area contributed by atoms with Crippen LogP contribution in [0, 0.1) is 5.92 Å². The average Bonchev–Trinajstić information content (AvgIpc) is 2.92. The Hall–Kier alpha value is -0.830. The standard InChI is InChI=1S/C13H23N3/c1-12(2,3)11-7-15-9-16(11)13(4,8-14)10-5-6-10/h7,9-10H,5-6,8,14H2,1-4H3. The van der Waals surface area contributed by atoms with E-state index < -0.39 is 0 Å². The molecule has 1 atom stereocenters. The Balaban J connectivity index is 2.43. The third kappa shape index (κ3) is 1.77. The molecule has 16 heavy (non-hydrogen) atoms. The smallest absolute Gasteiger partial charge is 0.0954 e. The van der Waals surface area contributed by atoms with Crippen molar-refractivity contribution in [3.05, 3.63) is 18.2 Å². The van der Waals surface area contributed by atoms with E-state index in [-0.39, 0.29) is 11.0 Å². The molecule has 2 rings (SSSR count). The predicted molar refractivity (Wildman–Crippen MR) is 66.4 cm³/mol. The van der Waals surface area contributed by atoms with Crippen LogP contribution in [0.2, 0.25) is 0 Å². The highest BCUT2D eigenvalue weighted by molar-refractivity contribution is 5.15. The highest BCUT2D eigenvalue weighted by Crippen LogP contribution is 2.45. The van der Waals surface area contributed by atoms with Crippen molar-refractivity contribution in [2.75, 3.05) is 6.54 Å². The molecule has 0 saturated heterocycles. The van der Waals surface area contributed by atoms with E-state index in [2.05, 4.69) is 37.2 Å². The van der Waals surface area contributed by atoms with Crippen molar-refractivity contribution in [3.63, 3.8) is 0 Å². The minimum absolute atomic E-state index is 0.0547. The molecule has 0 spiro atoms. The summed E-state index contributed by atoms with van der Waals surface area (Å²) in [4.78, 5) is 4.32. The third-order valence-corrected chi connectivity index (χ3v) is 3.83. The van der Waals surface area contributed by atoms with Crippen molar-refractivity contribution in [2.45, 2.75) is 51.5 Å². The summed E-state index contributed by atoms with van der Waals surface area (Å²) in [6.07, 6.45) is 6.53. The fraction of sp³-hybridized carbons (Fsp3) is 0.769. The van der Waals surface area contributed by atoms with Crippen molar-refractivity contribution in [1.82, 2.24) is 9.55 Å². The van der Waals surface area contributed by atoms with Crippen LogP contribution in [-0.2, 0) is 11.0 Å². The third-order valence-electron chi connectivity index (χ3n) is 3.83. The van der Waals surface area contributed by atoms with Gasteiger partial charge in [0, 0.05) is 23.9 Å². The van der Waals surface area contributed by atoms with E-state index >= 15 is 0 Å². The Labute approximate surface area is 98.1 Å². The van der Waals surface area contributed by atoms with Gasteiger partial charge in [-0.3, -0.25) is 0 Å². The van der Waals surface area contributed by atoms with Crippen LogP contribution in [0.3, 0.4) is 0 Å². The maximum absolute atomic E-state index is 6.00. The lowest BCUT2D eigenvalue weighted by Gasteiger charge is -2.35. The number of aromatic nitrogens is 2. The van der Waals surface area contributed by atoms with Crippen molar-refractivity contribution in [3.8, 4) is 0 Å². The average molecular weight is 221 g/mol. The summed E-state index contributed by atoms with van der Waals surface area (Å²) in [6, 6.07) is 0. The van der Waals surface area contributed by atoms with Gasteiger partial charge in [0.1, 0.15) is 0 Å². The van der Waals surface area contributed by atoms with Gasteiger partial charge in [-0.1, -0.05) is 20.8 Å². The van der Waals surface area contributed by atoms with Gasteiger partial charge in [-0.25, -0.2) is 4.98 Å². The Bertz CT molecular complexity index is 371. The van der Waals surface area contributed by atoms with Crippen LogP contribution in [0.15, 0.2) is 12.5 Å². The van der Waals surface area contributed by atoms with E-state index in [0.29, 0.717) is 6.54 Å². The second-order valence-corrected chi connectivity index (χ2v) is 6.23. The van der Waals surface area contributed by atoms with Gasteiger partial charge < -0.3 is 10.3 Å². The molecule has 1 saturated carbocycles. The Morgan fingerprint density at radius 1 is 1.38 bits per heavy atom. The van der Waals surface area contributed by atoms with Gasteiger partial charge >= 0.3 is 0 Å². The molecule has 2 N–H and O–H groups in total. The molecule has 0 bridgehead atoms. The molecule has 1 aromatic rings. The summed E-state index contributed by atoms with van der Waals surface area (Å²) >= 11 is 0. The summed E-state index contributed by atoms with van der Waals surface area (Å²) in [5.74, 6) is 0.729. The summed E-state index contributed by atoms with van der Waals surface area (Å²) < 4.78 is 2.31. The topological polar surface area (TPSA) is 43.8 Å². The lowest BCUT2D eigenvalue weighted by Crippen LogP contribution is -2.42. The molecular weight excluding hydrogens is 198 g/mol. The molecule has 3 nitrogen and oxygen atoms in total. The number of hydrogen-bond acceptors (Lipinski definition) is 2. The minimum atomic E-state index is 0.0547. The number of imidazole rings is 1. The summed E-state index contributed by atoms with van der Waals surface area (Å²) in [5.41, 5.74) is 7.47. The van der Waals surface area contributed by atoms with Gasteiger partial charge in [0.05, 0.1) is 11.9 Å². The first-order valence-corrected chi connectivity index (χ1v) is 6.13. The minimum Gasteiger partial charge on any atom is -0.328 e. The fourth-order valence-electron chi connectivity index (χ4n) is 2.42. The zero-order chi connectivity index (χ0) is 12.0. The maximum atomic E-state index is 6.00. The molecule has 90 valence electrons. The van der Waals surface area contributed by atoms with Gasteiger partial charge in [0.25, 0.3) is 0 Å². The van der Waals surface area contributed by atoms with Crippen molar-refractivity contribution in [2.24, 2.45) is 11.7 Å². The SMILES string of the molecule is CC(C)(C)c1cncn1C(C)(CN)C1CC1. The second kappa shape index (κ2) is 3.59. The zero-order valence-corrected chi connectivity index (χ0v) is 10.8. The lowest BCUT2D eigenvalue weighted by molar-refractivity contribution is 0.263. The molecule has 1 unspecified atom stereocenters. The molecule has 1 aromatic heterocycles. The Kier molecular flexibility index (Phi) is 2.61. The second-order valence-electron chi connectivity index (χ2n) is 6.23. The first kappa shape index (κ1) is 11.6. The molecule has 0 aliphatic heterocycles. The number of hydrogen-bond donors (Lipinski definition) is 1. The number of nitrogens with two attached hydrogens (primary N) is 1. The lowest BCUT2D eigenvalue weighted by atomic mass is 9.88. The molecule has 0 radical (unpaired) electrons. The van der Waals surface area contributed by atoms with Crippen LogP contribution in [0.1, 0.15) is 46.2 Å². The van der Waals surface area contributed by atoms with Crippen LogP contribution in [0.25, 0.3) is 0 Å². The van der Waals surface area contributed by atoms with E-state index in [0.717, 1.165) is 5.92 Å². The van der Waals surface area contributed by atoms with E-state index in [4.69, 9.17) is 5.73 Å². The maximum Gasteiger partial charge on any atom is 0.0954 e. The molecule has 3 heteroatoms.